The van der Waals surface area contributed by atoms with Gasteiger partial charge in [0.05, 0.1) is 49.2 Å². The van der Waals surface area contributed by atoms with E-state index in [1.807, 2.05) is 58.0 Å². The summed E-state index contributed by atoms with van der Waals surface area (Å²) < 4.78 is 18.1. The standard InChI is InChI=1S/C69H97N13O14/c1-9-43(4)60(53(94-7)39-58(87)80-36-17-22-52(80)62(95-8)44(5)64(88)77-51(63-71-33-18-34-72-63)37-45-19-12-10-13-20-45)79(6)67(91)59(42(2)3)78-66(90)61-47-26-29-49(38-47)82(61)69(93)96-41-46-24-27-48(28-25-46)75-65(89)50(21-16-32-73-68(70)92)76-55(84)40-74-54(83)23-14-11-15-35-81-56(85)30-31-57(81)86/h10,12-13,18-20,24-25,27-28,30-31,33-34,42-44,47,49-53,59-62H,9,11,14-17,21-23,26,29,32,35-41H2,1-8H3,(H,74,83)(H,75,89)(H,76,84)(H,77,88)(H,78,90)(H3,70,73,92)/t43-,44+,47-,49+,50-,51-,52-,53+,59-,60-,61-,62+/m0/s1. The van der Waals surface area contributed by atoms with Crippen LogP contribution in [-0.2, 0) is 70.4 Å². The number of benzene rings is 2. The Balaban J connectivity index is 0.921. The average Bonchev–Trinajstić information content (AvgIpc) is 1.59. The number of nitrogens with zero attached hydrogens (tertiary/aromatic N) is 6. The van der Waals surface area contributed by atoms with E-state index in [0.29, 0.717) is 87.8 Å². The van der Waals surface area contributed by atoms with Crippen LogP contribution >= 0.6 is 0 Å². The van der Waals surface area contributed by atoms with Gasteiger partial charge in [0, 0.05) is 83.6 Å². The number of nitrogens with one attached hydrogen (secondary N) is 6. The monoisotopic (exact) mass is 1330 g/mol. The molecule has 522 valence electrons. The summed E-state index contributed by atoms with van der Waals surface area (Å²) in [6.07, 6.45) is 9.89. The largest absolute Gasteiger partial charge is 0.445 e. The van der Waals surface area contributed by atoms with Crippen molar-refractivity contribution in [1.29, 1.82) is 0 Å². The molecule has 3 fully saturated rings. The molecule has 1 saturated carbocycles. The molecule has 0 radical (unpaired) electrons. The fraction of sp³-hybridized carbons (Fsp3) is 0.580. The number of urea groups is 1. The van der Waals surface area contributed by atoms with Crippen LogP contribution in [-0.4, -0.2) is 191 Å². The number of ether oxygens (including phenoxy) is 3. The van der Waals surface area contributed by atoms with Crippen molar-refractivity contribution in [2.45, 2.75) is 186 Å². The van der Waals surface area contributed by atoms with Gasteiger partial charge in [-0.1, -0.05) is 89.9 Å². The summed E-state index contributed by atoms with van der Waals surface area (Å²) >= 11 is 0. The molecule has 4 aliphatic rings. The maximum atomic E-state index is 14.9. The summed E-state index contributed by atoms with van der Waals surface area (Å²) in [5, 5.41) is 16.6. The van der Waals surface area contributed by atoms with Gasteiger partial charge in [0.2, 0.25) is 41.4 Å². The third-order valence-corrected chi connectivity index (χ3v) is 18.9. The van der Waals surface area contributed by atoms with Crippen molar-refractivity contribution in [2.75, 3.05) is 52.8 Å². The molecule has 2 bridgehead atoms. The van der Waals surface area contributed by atoms with Crippen LogP contribution in [0.4, 0.5) is 15.3 Å². The van der Waals surface area contributed by atoms with Crippen LogP contribution in [0.1, 0.15) is 141 Å². The number of nitrogens with two attached hydrogens (primary N) is 1. The number of fused-ring (bicyclic) bond motifs is 2. The Morgan fingerprint density at radius 1 is 0.771 bits per heavy atom. The second kappa shape index (κ2) is 36.3. The molecule has 2 saturated heterocycles. The van der Waals surface area contributed by atoms with E-state index >= 15 is 0 Å². The quantitative estimate of drug-likeness (QED) is 0.0309. The molecule has 3 aliphatic heterocycles. The Labute approximate surface area is 561 Å². The Bertz CT molecular complexity index is 3180. The van der Waals surface area contributed by atoms with E-state index in [1.165, 1.54) is 24.2 Å². The number of likely N-dealkylation sites (tertiary alicyclic amines) is 2. The summed E-state index contributed by atoms with van der Waals surface area (Å²) in [6.45, 7) is 9.69. The minimum atomic E-state index is -1.08. The van der Waals surface area contributed by atoms with Crippen molar-refractivity contribution in [3.63, 3.8) is 0 Å². The highest BCUT2D eigenvalue weighted by atomic mass is 16.6. The second-order valence-corrected chi connectivity index (χ2v) is 25.8. The normalized spacial score (nSPS) is 19.7. The predicted molar refractivity (Wildman–Crippen MR) is 354 cm³/mol. The summed E-state index contributed by atoms with van der Waals surface area (Å²) in [6, 6.07) is 12.4. The fourth-order valence-electron chi connectivity index (χ4n) is 13.5. The van der Waals surface area contributed by atoms with Crippen LogP contribution in [0.2, 0.25) is 0 Å². The number of hydrogen-bond acceptors (Lipinski definition) is 16. The number of hydrogen-bond donors (Lipinski definition) is 7. The summed E-state index contributed by atoms with van der Waals surface area (Å²) in [7, 11) is 4.74. The lowest BCUT2D eigenvalue weighted by Crippen LogP contribution is -2.60. The van der Waals surface area contributed by atoms with E-state index in [2.05, 4.69) is 41.9 Å². The number of methoxy groups -OCH3 is 2. The number of carbonyl (C=O) groups excluding carboxylic acids is 11. The Hall–Kier alpha value is -8.85. The first-order chi connectivity index (χ1) is 46.0. The third kappa shape index (κ3) is 20.3. The van der Waals surface area contributed by atoms with Gasteiger partial charge in [-0.05, 0) is 111 Å². The minimum Gasteiger partial charge on any atom is -0.445 e. The van der Waals surface area contributed by atoms with Crippen LogP contribution < -0.4 is 37.6 Å². The molecular formula is C69H97N13O14. The number of anilines is 1. The molecule has 27 nitrogen and oxygen atoms in total. The molecule has 7 rings (SSSR count). The van der Waals surface area contributed by atoms with Gasteiger partial charge < -0.3 is 61.6 Å². The zero-order valence-corrected chi connectivity index (χ0v) is 56.5. The number of amides is 12. The van der Waals surface area contributed by atoms with Gasteiger partial charge in [-0.25, -0.2) is 19.6 Å². The lowest BCUT2D eigenvalue weighted by atomic mass is 9.89. The van der Waals surface area contributed by atoms with E-state index in [4.69, 9.17) is 19.9 Å². The molecule has 1 aromatic heterocycles. The molecule has 4 heterocycles. The lowest BCUT2D eigenvalue weighted by Gasteiger charge is -2.41. The first-order valence-corrected chi connectivity index (χ1v) is 33.5. The van der Waals surface area contributed by atoms with Gasteiger partial charge >= 0.3 is 12.1 Å². The Morgan fingerprint density at radius 2 is 1.48 bits per heavy atom. The zero-order valence-electron chi connectivity index (χ0n) is 56.5. The number of likely N-dealkylation sites (N-methyl/N-ethyl adjacent to an activating group) is 1. The first-order valence-electron chi connectivity index (χ1n) is 33.5. The predicted octanol–water partition coefficient (Wildman–Crippen LogP) is 4.60. The average molecular weight is 1330 g/mol. The topological polar surface area (TPSA) is 352 Å². The number of imide groups is 1. The van der Waals surface area contributed by atoms with Crippen molar-refractivity contribution >= 4 is 71.0 Å². The van der Waals surface area contributed by atoms with Crippen LogP contribution in [0.15, 0.2) is 85.2 Å². The molecule has 0 unspecified atom stereocenters. The van der Waals surface area contributed by atoms with Crippen molar-refractivity contribution in [3.8, 4) is 0 Å². The molecule has 0 spiro atoms. The number of carbonyl (C=O) groups is 11. The summed E-state index contributed by atoms with van der Waals surface area (Å²) in [5.41, 5.74) is 7.13. The van der Waals surface area contributed by atoms with Gasteiger partial charge in [0.15, 0.2) is 5.82 Å². The number of piperidine rings is 1. The van der Waals surface area contributed by atoms with Crippen molar-refractivity contribution < 1.29 is 67.0 Å². The van der Waals surface area contributed by atoms with E-state index in [1.54, 1.807) is 73.6 Å². The van der Waals surface area contributed by atoms with E-state index in [9.17, 15) is 52.7 Å². The summed E-state index contributed by atoms with van der Waals surface area (Å²) in [4.78, 5) is 161. The highest BCUT2D eigenvalue weighted by molar-refractivity contribution is 6.12. The van der Waals surface area contributed by atoms with Gasteiger partial charge in [-0.3, -0.25) is 53.0 Å². The van der Waals surface area contributed by atoms with Crippen LogP contribution in [0, 0.1) is 23.7 Å². The SMILES string of the molecule is CC[C@H](C)[C@@H]([C@@H](CC(=O)N1CCC[C@H]1[C@H](OC)[C@@H](C)C(=O)N[C@@H](Cc1ccccc1)c1ncccn1)OC)N(C)C(=O)[C@@H](NC(=O)[C@@H]1[C@H]2CC[C@H](C2)N1C(=O)OCc1ccc(NC(=O)[C@H](CCCNC(N)=O)NC(=O)CNC(=O)CCCCCN2C(=O)C=CC2=O)cc1)C(C)C. The molecule has 96 heavy (non-hydrogen) atoms. The minimum absolute atomic E-state index is 0.0735. The molecule has 27 heteroatoms. The highest BCUT2D eigenvalue weighted by Gasteiger charge is 2.53. The van der Waals surface area contributed by atoms with Crippen LogP contribution in [0.5, 0.6) is 0 Å². The number of primary amides is 1. The first kappa shape index (κ1) is 74.5. The summed E-state index contributed by atoms with van der Waals surface area (Å²) in [5.74, 6) is -4.61. The van der Waals surface area contributed by atoms with Crippen LogP contribution in [0.3, 0.4) is 0 Å². The van der Waals surface area contributed by atoms with Gasteiger partial charge in [-0.2, -0.15) is 0 Å². The van der Waals surface area contributed by atoms with E-state index < -0.39 is 103 Å². The molecule has 2 aromatic carbocycles. The number of aromatic nitrogens is 2. The Kier molecular flexibility index (Phi) is 28.2. The Morgan fingerprint density at radius 3 is 2.14 bits per heavy atom. The second-order valence-electron chi connectivity index (χ2n) is 25.8. The van der Waals surface area contributed by atoms with E-state index in [-0.39, 0.29) is 92.8 Å². The molecule has 12 atom stereocenters. The van der Waals surface area contributed by atoms with Gasteiger partial charge in [0.1, 0.15) is 24.7 Å². The van der Waals surface area contributed by atoms with Crippen molar-refractivity contribution in [1.82, 2.24) is 56.2 Å². The molecular weight excluding hydrogens is 1230 g/mol. The molecule has 12 amide bonds. The number of rotatable bonds is 36. The zero-order chi connectivity index (χ0) is 69.6. The molecule has 8 N–H and O–H groups in total. The van der Waals surface area contributed by atoms with Crippen LogP contribution in [0.25, 0.3) is 0 Å². The molecule has 3 aromatic rings. The fourth-order valence-corrected chi connectivity index (χ4v) is 13.5. The third-order valence-electron chi connectivity index (χ3n) is 18.9. The van der Waals surface area contributed by atoms with E-state index in [0.717, 1.165) is 10.5 Å². The van der Waals surface area contributed by atoms with Gasteiger partial charge in [-0.15, -0.1) is 0 Å². The molecule has 1 aliphatic carbocycles. The van der Waals surface area contributed by atoms with Gasteiger partial charge in [0.25, 0.3) is 11.8 Å². The maximum absolute atomic E-state index is 14.9. The maximum Gasteiger partial charge on any atom is 0.411 e. The number of unbranched alkanes of at least 4 members (excludes halogenated alkanes) is 2. The highest BCUT2D eigenvalue weighted by Crippen LogP contribution is 2.43. The smallest absolute Gasteiger partial charge is 0.411 e. The lowest BCUT2D eigenvalue weighted by molar-refractivity contribution is -0.148. The van der Waals surface area contributed by atoms with Crippen molar-refractivity contribution in [3.05, 3.63) is 102 Å². The van der Waals surface area contributed by atoms with Crippen molar-refractivity contribution in [2.24, 2.45) is 29.4 Å².